The summed E-state index contributed by atoms with van der Waals surface area (Å²) in [5.74, 6) is 0. The fourth-order valence-corrected chi connectivity index (χ4v) is 3.89. The standard InChI is InChI=1S/C21H33N3O2/c1-23(2)19-12-10-17(11-13-19)15-24(16-20-9-6-14-26-20)21(25)22-18-7-4-3-5-8-18/h10-13,18,20H,3-9,14-16H2,1-2H3,(H,22,25)/t20-/m0/s1. The molecule has 1 aromatic rings. The van der Waals surface area contributed by atoms with Gasteiger partial charge < -0.3 is 19.9 Å². The fourth-order valence-electron chi connectivity index (χ4n) is 3.89. The van der Waals surface area contributed by atoms with Crippen LogP contribution >= 0.6 is 0 Å². The first-order valence-electron chi connectivity index (χ1n) is 10.0. The van der Waals surface area contributed by atoms with E-state index in [0.29, 0.717) is 19.1 Å². The topological polar surface area (TPSA) is 44.8 Å². The van der Waals surface area contributed by atoms with Crippen LogP contribution in [0.3, 0.4) is 0 Å². The van der Waals surface area contributed by atoms with Gasteiger partial charge in [-0.05, 0) is 43.4 Å². The number of hydrogen-bond donors (Lipinski definition) is 1. The highest BCUT2D eigenvalue weighted by atomic mass is 16.5. The normalized spacial score (nSPS) is 20.8. The number of carbonyl (C=O) groups is 1. The largest absolute Gasteiger partial charge is 0.378 e. The fraction of sp³-hybridized carbons (Fsp3) is 0.667. The summed E-state index contributed by atoms with van der Waals surface area (Å²) in [6.07, 6.45) is 8.28. The van der Waals surface area contributed by atoms with Gasteiger partial charge in [0, 0.05) is 45.5 Å². The first-order chi connectivity index (χ1) is 12.6. The lowest BCUT2D eigenvalue weighted by molar-refractivity contribution is 0.0785. The number of anilines is 1. The first kappa shape index (κ1) is 19.0. The lowest BCUT2D eigenvalue weighted by atomic mass is 9.96. The van der Waals surface area contributed by atoms with Gasteiger partial charge in [-0.25, -0.2) is 4.79 Å². The van der Waals surface area contributed by atoms with E-state index in [1.807, 2.05) is 19.0 Å². The smallest absolute Gasteiger partial charge is 0.318 e. The second-order valence-corrected chi connectivity index (χ2v) is 7.86. The highest BCUT2D eigenvalue weighted by Crippen LogP contribution is 2.20. The van der Waals surface area contributed by atoms with Gasteiger partial charge in [0.05, 0.1) is 6.10 Å². The van der Waals surface area contributed by atoms with Crippen LogP contribution in [0.15, 0.2) is 24.3 Å². The molecule has 1 N–H and O–H groups in total. The van der Waals surface area contributed by atoms with Crippen molar-refractivity contribution in [1.82, 2.24) is 10.2 Å². The molecular formula is C21H33N3O2. The number of hydrogen-bond acceptors (Lipinski definition) is 3. The van der Waals surface area contributed by atoms with Gasteiger partial charge in [0.1, 0.15) is 0 Å². The van der Waals surface area contributed by atoms with Crippen LogP contribution in [0.25, 0.3) is 0 Å². The van der Waals surface area contributed by atoms with Crippen LogP contribution in [0, 0.1) is 0 Å². The van der Waals surface area contributed by atoms with Crippen molar-refractivity contribution < 1.29 is 9.53 Å². The second kappa shape index (κ2) is 9.26. The molecule has 1 atom stereocenters. The zero-order valence-corrected chi connectivity index (χ0v) is 16.2. The SMILES string of the molecule is CN(C)c1ccc(CN(C[C@@H]2CCCO2)C(=O)NC2CCCCC2)cc1. The molecule has 0 bridgehead atoms. The molecule has 0 radical (unpaired) electrons. The molecule has 144 valence electrons. The summed E-state index contributed by atoms with van der Waals surface area (Å²) < 4.78 is 5.78. The number of rotatable bonds is 6. The Morgan fingerprint density at radius 1 is 1.08 bits per heavy atom. The van der Waals surface area contributed by atoms with Gasteiger partial charge >= 0.3 is 6.03 Å². The second-order valence-electron chi connectivity index (χ2n) is 7.86. The molecule has 0 aromatic heterocycles. The summed E-state index contributed by atoms with van der Waals surface area (Å²) in [7, 11) is 4.08. The van der Waals surface area contributed by atoms with E-state index in [0.717, 1.165) is 37.9 Å². The number of carbonyl (C=O) groups excluding carboxylic acids is 1. The maximum Gasteiger partial charge on any atom is 0.318 e. The van der Waals surface area contributed by atoms with Gasteiger partial charge in [-0.3, -0.25) is 0 Å². The summed E-state index contributed by atoms with van der Waals surface area (Å²) in [4.78, 5) is 17.0. The maximum absolute atomic E-state index is 12.9. The van der Waals surface area contributed by atoms with Crippen LogP contribution in [-0.2, 0) is 11.3 Å². The predicted molar refractivity (Wildman–Crippen MR) is 106 cm³/mol. The highest BCUT2D eigenvalue weighted by molar-refractivity contribution is 5.74. The minimum Gasteiger partial charge on any atom is -0.378 e. The molecule has 1 saturated heterocycles. The summed E-state index contributed by atoms with van der Waals surface area (Å²) in [5, 5.41) is 3.27. The first-order valence-corrected chi connectivity index (χ1v) is 10.0. The van der Waals surface area contributed by atoms with Crippen molar-refractivity contribution in [2.24, 2.45) is 0 Å². The zero-order valence-electron chi connectivity index (χ0n) is 16.2. The van der Waals surface area contributed by atoms with Crippen molar-refractivity contribution in [3.8, 4) is 0 Å². The Bertz CT molecular complexity index is 561. The summed E-state index contributed by atoms with van der Waals surface area (Å²) >= 11 is 0. The Labute approximate surface area is 157 Å². The van der Waals surface area contributed by atoms with Crippen molar-refractivity contribution in [3.63, 3.8) is 0 Å². The molecular weight excluding hydrogens is 326 g/mol. The molecule has 1 aliphatic carbocycles. The predicted octanol–water partition coefficient (Wildman–Crippen LogP) is 3.78. The van der Waals surface area contributed by atoms with E-state index in [-0.39, 0.29) is 12.1 Å². The van der Waals surface area contributed by atoms with E-state index in [4.69, 9.17) is 4.74 Å². The zero-order chi connectivity index (χ0) is 18.4. The van der Waals surface area contributed by atoms with Crippen molar-refractivity contribution in [2.75, 3.05) is 32.1 Å². The number of amides is 2. The molecule has 0 spiro atoms. The highest BCUT2D eigenvalue weighted by Gasteiger charge is 2.25. The van der Waals surface area contributed by atoms with E-state index in [1.165, 1.54) is 24.9 Å². The Morgan fingerprint density at radius 2 is 1.81 bits per heavy atom. The summed E-state index contributed by atoms with van der Waals surface area (Å²) in [6, 6.07) is 8.85. The molecule has 1 aliphatic heterocycles. The van der Waals surface area contributed by atoms with E-state index >= 15 is 0 Å². The van der Waals surface area contributed by atoms with Crippen molar-refractivity contribution in [3.05, 3.63) is 29.8 Å². The molecule has 2 fully saturated rings. The van der Waals surface area contributed by atoms with E-state index < -0.39 is 0 Å². The molecule has 3 rings (SSSR count). The van der Waals surface area contributed by atoms with Gasteiger partial charge in [-0.15, -0.1) is 0 Å². The molecule has 0 unspecified atom stereocenters. The van der Waals surface area contributed by atoms with Gasteiger partial charge in [0.25, 0.3) is 0 Å². The molecule has 26 heavy (non-hydrogen) atoms. The number of urea groups is 1. The Balaban J connectivity index is 1.64. The van der Waals surface area contributed by atoms with Crippen molar-refractivity contribution in [2.45, 2.75) is 63.6 Å². The number of benzene rings is 1. The minimum absolute atomic E-state index is 0.0593. The lowest BCUT2D eigenvalue weighted by Gasteiger charge is -2.30. The van der Waals surface area contributed by atoms with Crippen LogP contribution in [0.4, 0.5) is 10.5 Å². The number of ether oxygens (including phenoxy) is 1. The molecule has 1 heterocycles. The average molecular weight is 360 g/mol. The van der Waals surface area contributed by atoms with Crippen LogP contribution in [0.5, 0.6) is 0 Å². The molecule has 5 heteroatoms. The van der Waals surface area contributed by atoms with E-state index in [2.05, 4.69) is 34.5 Å². The Hall–Kier alpha value is -1.75. The third-order valence-corrected chi connectivity index (χ3v) is 5.49. The van der Waals surface area contributed by atoms with Crippen LogP contribution in [0.2, 0.25) is 0 Å². The minimum atomic E-state index is 0.0593. The van der Waals surface area contributed by atoms with Crippen LogP contribution in [0.1, 0.15) is 50.5 Å². The third kappa shape index (κ3) is 5.37. The Kier molecular flexibility index (Phi) is 6.78. The number of nitrogens with one attached hydrogen (secondary N) is 1. The van der Waals surface area contributed by atoms with E-state index in [1.54, 1.807) is 0 Å². The van der Waals surface area contributed by atoms with Crippen molar-refractivity contribution >= 4 is 11.7 Å². The van der Waals surface area contributed by atoms with Gasteiger partial charge in [0.15, 0.2) is 0 Å². The van der Waals surface area contributed by atoms with Crippen LogP contribution < -0.4 is 10.2 Å². The van der Waals surface area contributed by atoms with Gasteiger partial charge in [-0.2, -0.15) is 0 Å². The average Bonchev–Trinajstić information content (AvgIpc) is 3.15. The third-order valence-electron chi connectivity index (χ3n) is 5.49. The monoisotopic (exact) mass is 359 g/mol. The molecule has 1 saturated carbocycles. The molecule has 1 aromatic carbocycles. The molecule has 2 amide bonds. The number of nitrogens with zero attached hydrogens (tertiary/aromatic N) is 2. The Morgan fingerprint density at radius 3 is 2.42 bits per heavy atom. The van der Waals surface area contributed by atoms with Gasteiger partial charge in [-0.1, -0.05) is 31.4 Å². The summed E-state index contributed by atoms with van der Waals surface area (Å²) in [5.41, 5.74) is 2.33. The van der Waals surface area contributed by atoms with Crippen molar-refractivity contribution in [1.29, 1.82) is 0 Å². The quantitative estimate of drug-likeness (QED) is 0.841. The summed E-state index contributed by atoms with van der Waals surface area (Å²) in [6.45, 7) is 2.13. The van der Waals surface area contributed by atoms with Crippen LogP contribution in [-0.4, -0.2) is 50.3 Å². The molecule has 2 aliphatic rings. The maximum atomic E-state index is 12.9. The van der Waals surface area contributed by atoms with Gasteiger partial charge in [0.2, 0.25) is 0 Å². The van der Waals surface area contributed by atoms with E-state index in [9.17, 15) is 4.79 Å². The lowest BCUT2D eigenvalue weighted by Crippen LogP contribution is -2.47. The molecule has 5 nitrogen and oxygen atoms in total.